The summed E-state index contributed by atoms with van der Waals surface area (Å²) >= 11 is 0. The number of ether oxygens (including phenoxy) is 1. The van der Waals surface area contributed by atoms with Gasteiger partial charge in [0.05, 0.1) is 23.5 Å². The molecule has 2 unspecified atom stereocenters. The standard InChI is InChI=1S/C29H34N8O3/c1-29(2,3)40-28(39)35(4)13-7-8-19-15-31-27(32-16-19)37-20-11-12-21(37)18-36(17-20)24-14-23(33-34-26(24)30)22-9-5-6-10-25(22)38/h5-6,9-10,14-16,20-21,38H,11-13,17-18H2,1-4H3,(H2,30,34). The van der Waals surface area contributed by atoms with Crippen LogP contribution in [0.4, 0.5) is 22.2 Å². The van der Waals surface area contributed by atoms with Crippen molar-refractivity contribution in [2.75, 3.05) is 42.2 Å². The van der Waals surface area contributed by atoms with Crippen molar-refractivity contribution in [2.45, 2.75) is 51.3 Å². The van der Waals surface area contributed by atoms with Gasteiger partial charge < -0.3 is 30.3 Å². The second kappa shape index (κ2) is 10.9. The molecule has 0 saturated carbocycles. The van der Waals surface area contributed by atoms with Crippen LogP contribution >= 0.6 is 0 Å². The number of nitrogens with two attached hydrogens (primary N) is 1. The number of hydrogen-bond acceptors (Lipinski definition) is 10. The van der Waals surface area contributed by atoms with Gasteiger partial charge >= 0.3 is 6.09 Å². The molecular formula is C29H34N8O3. The lowest BCUT2D eigenvalue weighted by molar-refractivity contribution is 0.0321. The summed E-state index contributed by atoms with van der Waals surface area (Å²) in [6.07, 6.45) is 5.07. The quantitative estimate of drug-likeness (QED) is 0.473. The third-order valence-corrected chi connectivity index (χ3v) is 6.93. The van der Waals surface area contributed by atoms with Gasteiger partial charge in [0, 0.05) is 50.2 Å². The molecule has 0 radical (unpaired) electrons. The number of nitrogens with zero attached hydrogens (tertiary/aromatic N) is 7. The van der Waals surface area contributed by atoms with Crippen LogP contribution < -0.4 is 15.5 Å². The Bertz CT molecular complexity index is 1430. The number of carbonyl (C=O) groups excluding carboxylic acids is 1. The smallest absolute Gasteiger partial charge is 0.410 e. The molecule has 2 saturated heterocycles. The number of phenolic OH excluding ortho intramolecular Hbond substituents is 1. The molecule has 2 atom stereocenters. The number of hydrogen-bond donors (Lipinski definition) is 2. The van der Waals surface area contributed by atoms with E-state index in [2.05, 4.69) is 41.8 Å². The lowest BCUT2D eigenvalue weighted by Gasteiger charge is -2.42. The van der Waals surface area contributed by atoms with Crippen LogP contribution in [0.3, 0.4) is 0 Å². The van der Waals surface area contributed by atoms with Gasteiger partial charge in [-0.05, 0) is 51.8 Å². The van der Waals surface area contributed by atoms with Crippen LogP contribution in [0.15, 0.2) is 42.7 Å². The van der Waals surface area contributed by atoms with Gasteiger partial charge in [0.15, 0.2) is 5.82 Å². The van der Waals surface area contributed by atoms with Crippen molar-refractivity contribution in [3.8, 4) is 28.8 Å². The minimum Gasteiger partial charge on any atom is -0.507 e. The Morgan fingerprint density at radius 3 is 2.48 bits per heavy atom. The van der Waals surface area contributed by atoms with E-state index >= 15 is 0 Å². The zero-order valence-corrected chi connectivity index (χ0v) is 23.2. The molecule has 11 nitrogen and oxygen atoms in total. The molecule has 5 rings (SSSR count). The molecule has 0 spiro atoms. The molecule has 3 N–H and O–H groups in total. The number of aromatic nitrogens is 4. The third-order valence-electron chi connectivity index (χ3n) is 6.93. The number of phenols is 1. The van der Waals surface area contributed by atoms with Crippen molar-refractivity contribution >= 4 is 23.5 Å². The highest BCUT2D eigenvalue weighted by Crippen LogP contribution is 2.37. The number of nitrogen functional groups attached to an aromatic ring is 1. The molecule has 2 bridgehead atoms. The number of carbonyl (C=O) groups is 1. The van der Waals surface area contributed by atoms with Gasteiger partial charge in [0.25, 0.3) is 0 Å². The Morgan fingerprint density at radius 2 is 1.82 bits per heavy atom. The van der Waals surface area contributed by atoms with Gasteiger partial charge in [0.2, 0.25) is 5.95 Å². The van der Waals surface area contributed by atoms with Gasteiger partial charge in [0.1, 0.15) is 11.4 Å². The molecule has 2 aliphatic rings. The van der Waals surface area contributed by atoms with Crippen molar-refractivity contribution < 1.29 is 14.6 Å². The molecule has 1 aromatic carbocycles. The molecular weight excluding hydrogens is 508 g/mol. The number of rotatable bonds is 4. The van der Waals surface area contributed by atoms with Gasteiger partial charge in [-0.2, -0.15) is 0 Å². The summed E-state index contributed by atoms with van der Waals surface area (Å²) in [5.74, 6) is 7.20. The maximum atomic E-state index is 12.1. The lowest BCUT2D eigenvalue weighted by atomic mass is 10.1. The summed E-state index contributed by atoms with van der Waals surface area (Å²) in [6.45, 7) is 7.21. The number of benzene rings is 1. The Kier molecular flexibility index (Phi) is 7.34. The Labute approximate surface area is 234 Å². The highest BCUT2D eigenvalue weighted by Gasteiger charge is 2.42. The Balaban J connectivity index is 1.25. The molecule has 208 valence electrons. The molecule has 40 heavy (non-hydrogen) atoms. The van der Waals surface area contributed by atoms with E-state index in [0.29, 0.717) is 28.6 Å². The molecule has 3 aromatic rings. The molecule has 1 amide bonds. The first kappa shape index (κ1) is 27.0. The number of amides is 1. The monoisotopic (exact) mass is 542 g/mol. The topological polar surface area (TPSA) is 134 Å². The number of para-hydroxylation sites is 1. The van der Waals surface area contributed by atoms with E-state index in [4.69, 9.17) is 10.5 Å². The van der Waals surface area contributed by atoms with Crippen molar-refractivity contribution in [1.82, 2.24) is 25.1 Å². The van der Waals surface area contributed by atoms with E-state index in [-0.39, 0.29) is 24.4 Å². The predicted octanol–water partition coefficient (Wildman–Crippen LogP) is 3.30. The van der Waals surface area contributed by atoms with Crippen LogP contribution in [0, 0.1) is 11.8 Å². The highest BCUT2D eigenvalue weighted by molar-refractivity contribution is 5.74. The summed E-state index contributed by atoms with van der Waals surface area (Å²) in [7, 11) is 1.65. The summed E-state index contributed by atoms with van der Waals surface area (Å²) in [4.78, 5) is 27.3. The second-order valence-electron chi connectivity index (χ2n) is 11.1. The zero-order chi connectivity index (χ0) is 28.4. The third kappa shape index (κ3) is 5.86. The zero-order valence-electron chi connectivity index (χ0n) is 23.2. The first-order chi connectivity index (χ1) is 19.1. The lowest BCUT2D eigenvalue weighted by Crippen LogP contribution is -2.54. The van der Waals surface area contributed by atoms with E-state index in [1.807, 2.05) is 39.0 Å². The van der Waals surface area contributed by atoms with Crippen LogP contribution in [0.1, 0.15) is 39.2 Å². The van der Waals surface area contributed by atoms with Gasteiger partial charge in [-0.3, -0.25) is 0 Å². The SMILES string of the molecule is CN(CC#Cc1cnc(N2C3CCC2CN(c2cc(-c4ccccc4O)nnc2N)C3)nc1)C(=O)OC(C)(C)C. The summed E-state index contributed by atoms with van der Waals surface area (Å²) in [5, 5.41) is 18.7. The first-order valence-electron chi connectivity index (χ1n) is 13.3. The molecule has 4 heterocycles. The minimum absolute atomic E-state index is 0.151. The van der Waals surface area contributed by atoms with Crippen LogP contribution in [-0.4, -0.2) is 80.6 Å². The van der Waals surface area contributed by atoms with Crippen LogP contribution in [-0.2, 0) is 4.74 Å². The van der Waals surface area contributed by atoms with Gasteiger partial charge in [-0.1, -0.05) is 24.0 Å². The van der Waals surface area contributed by atoms with Gasteiger partial charge in [-0.25, -0.2) is 14.8 Å². The average molecular weight is 543 g/mol. The number of piperazine rings is 1. The fourth-order valence-electron chi connectivity index (χ4n) is 5.08. The van der Waals surface area contributed by atoms with Crippen LogP contribution in [0.2, 0.25) is 0 Å². The van der Waals surface area contributed by atoms with Crippen LogP contribution in [0.5, 0.6) is 5.75 Å². The molecule has 2 fully saturated rings. The maximum Gasteiger partial charge on any atom is 0.410 e. The fraction of sp³-hybridized carbons (Fsp3) is 0.414. The van der Waals surface area contributed by atoms with E-state index in [0.717, 1.165) is 31.6 Å². The summed E-state index contributed by atoms with van der Waals surface area (Å²) < 4.78 is 5.35. The maximum absolute atomic E-state index is 12.1. The first-order valence-corrected chi connectivity index (χ1v) is 13.3. The molecule has 11 heteroatoms. The number of fused-ring (bicyclic) bond motifs is 2. The minimum atomic E-state index is -0.551. The van der Waals surface area contributed by atoms with E-state index in [1.165, 1.54) is 4.90 Å². The van der Waals surface area contributed by atoms with E-state index in [9.17, 15) is 9.90 Å². The largest absolute Gasteiger partial charge is 0.507 e. The van der Waals surface area contributed by atoms with Crippen molar-refractivity contribution in [3.05, 3.63) is 48.3 Å². The molecule has 2 aliphatic heterocycles. The Morgan fingerprint density at radius 1 is 1.15 bits per heavy atom. The second-order valence-corrected chi connectivity index (χ2v) is 11.1. The van der Waals surface area contributed by atoms with E-state index < -0.39 is 11.7 Å². The number of anilines is 3. The van der Waals surface area contributed by atoms with Crippen molar-refractivity contribution in [3.63, 3.8) is 0 Å². The fourth-order valence-corrected chi connectivity index (χ4v) is 5.08. The van der Waals surface area contributed by atoms with Crippen molar-refractivity contribution in [1.29, 1.82) is 0 Å². The number of aromatic hydroxyl groups is 1. The normalized spacial score (nSPS) is 18.2. The van der Waals surface area contributed by atoms with Gasteiger partial charge in [-0.15, -0.1) is 10.2 Å². The van der Waals surface area contributed by atoms with E-state index in [1.54, 1.807) is 31.6 Å². The summed E-state index contributed by atoms with van der Waals surface area (Å²) in [6, 6.07) is 9.41. The predicted molar refractivity (Wildman–Crippen MR) is 153 cm³/mol. The highest BCUT2D eigenvalue weighted by atomic mass is 16.6. The Hall–Kier alpha value is -4.59. The van der Waals surface area contributed by atoms with Crippen LogP contribution in [0.25, 0.3) is 11.3 Å². The summed E-state index contributed by atoms with van der Waals surface area (Å²) in [5.41, 5.74) is 8.39. The average Bonchev–Trinajstić information content (AvgIpc) is 3.17. The molecule has 0 aliphatic carbocycles. The van der Waals surface area contributed by atoms with Crippen molar-refractivity contribution in [2.24, 2.45) is 0 Å². The molecule has 2 aromatic heterocycles.